The van der Waals surface area contributed by atoms with Gasteiger partial charge in [-0.05, 0) is 0 Å². The molecule has 0 aromatic heterocycles. The van der Waals surface area contributed by atoms with E-state index in [1.165, 1.54) is 0 Å². The van der Waals surface area contributed by atoms with Crippen LogP contribution in [0.5, 0.6) is 0 Å². The average molecular weight is 237 g/mol. The second kappa shape index (κ2) is 12.3. The molecule has 1 radical (unpaired) electrons. The first-order valence-corrected chi connectivity index (χ1v) is 2.68. The van der Waals surface area contributed by atoms with Crippen molar-refractivity contribution >= 4 is 44.7 Å². The summed E-state index contributed by atoms with van der Waals surface area (Å²) in [6.45, 7) is 0. The van der Waals surface area contributed by atoms with E-state index in [2.05, 4.69) is 0 Å². The van der Waals surface area contributed by atoms with Crippen LogP contribution < -0.4 is 0 Å². The van der Waals surface area contributed by atoms with Crippen molar-refractivity contribution in [3.63, 3.8) is 0 Å². The van der Waals surface area contributed by atoms with Gasteiger partial charge in [0.05, 0.1) is 8.41 Å². The molecule has 0 bridgehead atoms. The van der Waals surface area contributed by atoms with Gasteiger partial charge in [-0.25, -0.2) is 0 Å². The van der Waals surface area contributed by atoms with E-state index < -0.39 is 9.05 Å². The molecule has 0 aliphatic heterocycles. The van der Waals surface area contributed by atoms with Gasteiger partial charge in [-0.15, -0.1) is 0 Å². The Labute approximate surface area is 81.0 Å². The Kier molecular flexibility index (Phi) is 42.6. The van der Waals surface area contributed by atoms with E-state index in [4.69, 9.17) is 19.2 Å². The van der Waals surface area contributed by atoms with Gasteiger partial charge in [0.2, 0.25) is 0 Å². The van der Waals surface area contributed by atoms with Crippen molar-refractivity contribution in [2.24, 2.45) is 0 Å². The first kappa shape index (κ1) is 31.1. The predicted molar refractivity (Wildman–Crippen MR) is 45.6 cm³/mol. The van der Waals surface area contributed by atoms with Crippen LogP contribution in [-0.4, -0.2) is 54.0 Å². The molecule has 9 heavy (non-hydrogen) atoms. The molecule has 0 rings (SSSR count). The fraction of sp³-hybridized carbons (Fsp3) is 0. The number of hydrogen-bond acceptors (Lipinski definition) is 4. The van der Waals surface area contributed by atoms with Crippen molar-refractivity contribution in [3.05, 3.63) is 0 Å². The van der Waals surface area contributed by atoms with Crippen LogP contribution >= 0.6 is 9.90 Å². The Balaban J connectivity index is -0.0000000133. The van der Waals surface area contributed by atoms with E-state index in [-0.39, 0.29) is 52.7 Å². The van der Waals surface area contributed by atoms with Crippen LogP contribution in [-0.2, 0) is 17.1 Å². The van der Waals surface area contributed by atoms with Crippen LogP contribution in [0.15, 0.2) is 0 Å². The van der Waals surface area contributed by atoms with Crippen molar-refractivity contribution in [1.82, 2.24) is 0 Å². The molecule has 0 fully saturated rings. The molecular formula is H13AlBCuO4PSi. The van der Waals surface area contributed by atoms with Crippen LogP contribution in [0.1, 0.15) is 0 Å². The monoisotopic (exact) mass is 237 g/mol. The molecule has 0 aromatic carbocycles. The summed E-state index contributed by atoms with van der Waals surface area (Å²) in [4.78, 5) is 29.3. The van der Waals surface area contributed by atoms with E-state index in [0.717, 1.165) is 0 Å². The van der Waals surface area contributed by atoms with Crippen LogP contribution in [0.4, 0.5) is 0 Å². The van der Waals surface area contributed by atoms with Crippen LogP contribution in [0.3, 0.4) is 0 Å². The molecule has 4 nitrogen and oxygen atoms in total. The van der Waals surface area contributed by atoms with E-state index in [1.54, 1.807) is 0 Å². The molecular weight excluding hydrogens is 224 g/mol. The Morgan fingerprint density at radius 3 is 0.889 bits per heavy atom. The van der Waals surface area contributed by atoms with Gasteiger partial charge in [-0.3, -0.25) is 0 Å². The SMILES string of the molecule is B.O[Si](O)(O)O.P.[AlH3].[Cu]. The van der Waals surface area contributed by atoms with Gasteiger partial charge < -0.3 is 19.2 Å². The molecule has 4 N–H and O–H groups in total. The Morgan fingerprint density at radius 2 is 0.889 bits per heavy atom. The third kappa shape index (κ3) is 216. The van der Waals surface area contributed by atoms with Crippen molar-refractivity contribution in [2.45, 2.75) is 0 Å². The number of rotatable bonds is 0. The molecule has 0 aliphatic carbocycles. The maximum Gasteiger partial charge on any atom is 0.668 e. The molecule has 0 spiro atoms. The fourth-order valence-corrected chi connectivity index (χ4v) is 0. The zero-order valence-electron chi connectivity index (χ0n) is 3.30. The first-order valence-electron chi connectivity index (χ1n) is 0.894. The summed E-state index contributed by atoms with van der Waals surface area (Å²) >= 11 is 0. The smallest absolute Gasteiger partial charge is 0.368 e. The van der Waals surface area contributed by atoms with Crippen molar-refractivity contribution < 1.29 is 36.3 Å². The van der Waals surface area contributed by atoms with Crippen molar-refractivity contribution in [3.8, 4) is 0 Å². The Hall–Kier alpha value is 1.60. The van der Waals surface area contributed by atoms with Gasteiger partial charge >= 0.3 is 9.05 Å². The molecule has 0 saturated carbocycles. The molecule has 1 unspecified atom stereocenters. The molecule has 63 valence electrons. The third-order valence-corrected chi connectivity index (χ3v) is 0. The maximum absolute atomic E-state index is 7.33. The summed E-state index contributed by atoms with van der Waals surface area (Å²) in [5.74, 6) is 0. The Morgan fingerprint density at radius 1 is 0.889 bits per heavy atom. The minimum Gasteiger partial charge on any atom is -0.368 e. The molecule has 0 aromatic rings. The van der Waals surface area contributed by atoms with Crippen molar-refractivity contribution in [2.75, 3.05) is 0 Å². The number of hydrogen-bond donors (Lipinski definition) is 4. The summed E-state index contributed by atoms with van der Waals surface area (Å²) in [6, 6.07) is 0. The minimum atomic E-state index is -4.61. The van der Waals surface area contributed by atoms with E-state index in [1.807, 2.05) is 0 Å². The average Bonchev–Trinajstić information content (AvgIpc) is 0.722. The van der Waals surface area contributed by atoms with Gasteiger partial charge in [0.1, 0.15) is 0 Å². The summed E-state index contributed by atoms with van der Waals surface area (Å²) in [6.07, 6.45) is 0. The van der Waals surface area contributed by atoms with E-state index in [0.29, 0.717) is 0 Å². The normalized spacial score (nSPS) is 6.67. The fourth-order valence-electron chi connectivity index (χ4n) is 0. The molecule has 0 heterocycles. The topological polar surface area (TPSA) is 80.9 Å². The predicted octanol–water partition coefficient (Wildman–Crippen LogP) is -4.92. The zero-order chi connectivity index (χ0) is 4.50. The largest absolute Gasteiger partial charge is 0.668 e. The third-order valence-electron chi connectivity index (χ3n) is 0. The maximum atomic E-state index is 7.33. The van der Waals surface area contributed by atoms with Gasteiger partial charge in [0, 0.05) is 17.1 Å². The molecule has 9 heteroatoms. The van der Waals surface area contributed by atoms with Crippen LogP contribution in [0, 0.1) is 0 Å². The first-order chi connectivity index (χ1) is 2.00. The quantitative estimate of drug-likeness (QED) is 0.251. The second-order valence-corrected chi connectivity index (χ2v) is 1.80. The second-order valence-electron chi connectivity index (χ2n) is 0.600. The summed E-state index contributed by atoms with van der Waals surface area (Å²) in [7, 11) is -4.61. The summed E-state index contributed by atoms with van der Waals surface area (Å²) in [5, 5.41) is 0. The molecule has 1 atom stereocenters. The summed E-state index contributed by atoms with van der Waals surface area (Å²) < 4.78 is 0. The van der Waals surface area contributed by atoms with Crippen LogP contribution in [0.2, 0.25) is 0 Å². The minimum absolute atomic E-state index is 0. The van der Waals surface area contributed by atoms with Gasteiger partial charge in [0.25, 0.3) is 0 Å². The Bertz CT molecular complexity index is 36.0. The summed E-state index contributed by atoms with van der Waals surface area (Å²) in [5.41, 5.74) is 0. The van der Waals surface area contributed by atoms with Gasteiger partial charge in [0.15, 0.2) is 17.4 Å². The van der Waals surface area contributed by atoms with Gasteiger partial charge in [-0.1, -0.05) is 0 Å². The van der Waals surface area contributed by atoms with E-state index in [9.17, 15) is 0 Å². The molecule has 0 aliphatic rings. The van der Waals surface area contributed by atoms with Crippen molar-refractivity contribution in [1.29, 1.82) is 0 Å². The zero-order valence-corrected chi connectivity index (χ0v) is 6.65. The van der Waals surface area contributed by atoms with Gasteiger partial charge in [-0.2, -0.15) is 9.90 Å². The standard InChI is InChI=1S/Al.BH3.Cu.H4O4Si.H3P.3H/c;;;1-5(2,3)4;;;;/h;1H3;;1-4H;1H3;;;. The van der Waals surface area contributed by atoms with Crippen LogP contribution in [0.25, 0.3) is 0 Å². The van der Waals surface area contributed by atoms with E-state index >= 15 is 0 Å². The molecule has 0 amide bonds. The molecule has 0 saturated heterocycles.